The maximum Gasteiger partial charge on any atom is 0.265 e. The lowest BCUT2D eigenvalue weighted by Gasteiger charge is -2.14. The molecule has 102 valence electrons. The van der Waals surface area contributed by atoms with Crippen LogP contribution in [0.1, 0.15) is 12.5 Å². The molecule has 1 N–H and O–H groups in total. The number of hydrogen-bond acceptors (Lipinski definition) is 4. The predicted octanol–water partition coefficient (Wildman–Crippen LogP) is 1.70. The van der Waals surface area contributed by atoms with Gasteiger partial charge in [-0.05, 0) is 19.1 Å². The number of para-hydroxylation sites is 1. The van der Waals surface area contributed by atoms with Crippen molar-refractivity contribution in [2.75, 3.05) is 5.32 Å². The summed E-state index contributed by atoms with van der Waals surface area (Å²) in [6.45, 7) is 1.62. The molecule has 0 bridgehead atoms. The molecule has 20 heavy (non-hydrogen) atoms. The van der Waals surface area contributed by atoms with Crippen molar-refractivity contribution in [1.82, 2.24) is 9.78 Å². The molecule has 6 heteroatoms. The third-order valence-electron chi connectivity index (χ3n) is 2.65. The van der Waals surface area contributed by atoms with Gasteiger partial charge < -0.3 is 10.1 Å². The van der Waals surface area contributed by atoms with Crippen LogP contribution in [0.4, 0.5) is 5.69 Å². The molecule has 0 aliphatic rings. The van der Waals surface area contributed by atoms with Crippen LogP contribution < -0.4 is 10.1 Å². The summed E-state index contributed by atoms with van der Waals surface area (Å²) in [4.78, 5) is 12.0. The number of aryl methyl sites for hydroxylation is 1. The first-order valence-corrected chi connectivity index (χ1v) is 6.05. The van der Waals surface area contributed by atoms with Gasteiger partial charge in [0.2, 0.25) is 0 Å². The van der Waals surface area contributed by atoms with E-state index in [-0.39, 0.29) is 5.91 Å². The monoisotopic (exact) mass is 270 g/mol. The van der Waals surface area contributed by atoms with E-state index in [1.807, 2.05) is 6.07 Å². The second kappa shape index (κ2) is 5.89. The van der Waals surface area contributed by atoms with Crippen molar-refractivity contribution in [2.45, 2.75) is 13.0 Å². The van der Waals surface area contributed by atoms with E-state index in [0.29, 0.717) is 17.0 Å². The number of rotatable bonds is 4. The van der Waals surface area contributed by atoms with Crippen molar-refractivity contribution in [3.05, 3.63) is 42.2 Å². The number of nitriles is 1. The summed E-state index contributed by atoms with van der Waals surface area (Å²) in [6.07, 6.45) is 2.52. The summed E-state index contributed by atoms with van der Waals surface area (Å²) >= 11 is 0. The van der Waals surface area contributed by atoms with Gasteiger partial charge in [0.25, 0.3) is 5.91 Å². The largest absolute Gasteiger partial charge is 0.480 e. The van der Waals surface area contributed by atoms with Gasteiger partial charge in [0.05, 0.1) is 17.4 Å². The highest BCUT2D eigenvalue weighted by Gasteiger charge is 2.16. The number of ether oxygens (including phenoxy) is 1. The standard InChI is InChI=1S/C14H14N4O2/c1-10(14(19)17-12-8-16-18(2)9-12)20-13-6-4-3-5-11(13)7-15/h3-6,8-10H,1-2H3,(H,17,19)/t10-/m0/s1. The highest BCUT2D eigenvalue weighted by atomic mass is 16.5. The van der Waals surface area contributed by atoms with Crippen molar-refractivity contribution in [2.24, 2.45) is 7.05 Å². The Morgan fingerprint density at radius 3 is 2.90 bits per heavy atom. The van der Waals surface area contributed by atoms with E-state index in [4.69, 9.17) is 10.00 Å². The van der Waals surface area contributed by atoms with Crippen LogP contribution in [-0.4, -0.2) is 21.8 Å². The average Bonchev–Trinajstić information content (AvgIpc) is 2.84. The van der Waals surface area contributed by atoms with Crippen LogP contribution >= 0.6 is 0 Å². The van der Waals surface area contributed by atoms with Crippen molar-refractivity contribution >= 4 is 11.6 Å². The molecular weight excluding hydrogens is 256 g/mol. The fourth-order valence-corrected chi connectivity index (χ4v) is 1.64. The molecule has 0 fully saturated rings. The number of hydrogen-bond donors (Lipinski definition) is 1. The van der Waals surface area contributed by atoms with Crippen LogP contribution in [0.3, 0.4) is 0 Å². The number of amides is 1. The first-order valence-electron chi connectivity index (χ1n) is 6.05. The molecule has 0 aliphatic carbocycles. The summed E-state index contributed by atoms with van der Waals surface area (Å²) in [5.74, 6) is 0.0922. The lowest BCUT2D eigenvalue weighted by atomic mass is 10.2. The van der Waals surface area contributed by atoms with E-state index < -0.39 is 6.10 Å². The summed E-state index contributed by atoms with van der Waals surface area (Å²) in [7, 11) is 1.76. The number of aromatic nitrogens is 2. The van der Waals surface area contributed by atoms with Gasteiger partial charge in [0.15, 0.2) is 6.10 Å². The molecule has 2 rings (SSSR count). The molecule has 6 nitrogen and oxygen atoms in total. The van der Waals surface area contributed by atoms with Gasteiger partial charge in [-0.25, -0.2) is 0 Å². The lowest BCUT2D eigenvalue weighted by molar-refractivity contribution is -0.122. The average molecular weight is 270 g/mol. The molecule has 0 saturated carbocycles. The molecule has 1 amide bonds. The zero-order valence-corrected chi connectivity index (χ0v) is 11.2. The van der Waals surface area contributed by atoms with Gasteiger partial charge in [0, 0.05) is 13.2 Å². The Balaban J connectivity index is 2.02. The number of carbonyl (C=O) groups excluding carboxylic acids is 1. The van der Waals surface area contributed by atoms with Crippen LogP contribution in [0.15, 0.2) is 36.7 Å². The smallest absolute Gasteiger partial charge is 0.265 e. The number of anilines is 1. The van der Waals surface area contributed by atoms with Crippen LogP contribution in [0.2, 0.25) is 0 Å². The third kappa shape index (κ3) is 3.14. The minimum absolute atomic E-state index is 0.300. The maximum atomic E-state index is 12.0. The SMILES string of the molecule is C[C@H](Oc1ccccc1C#N)C(=O)Nc1cnn(C)c1. The zero-order valence-electron chi connectivity index (χ0n) is 11.2. The molecule has 0 spiro atoms. The summed E-state index contributed by atoms with van der Waals surface area (Å²) in [6, 6.07) is 8.82. The fraction of sp³-hybridized carbons (Fsp3) is 0.214. The molecule has 0 aliphatic heterocycles. The van der Waals surface area contributed by atoms with E-state index >= 15 is 0 Å². The molecule has 0 unspecified atom stereocenters. The van der Waals surface area contributed by atoms with Gasteiger partial charge >= 0.3 is 0 Å². The number of nitrogens with one attached hydrogen (secondary N) is 1. The van der Waals surface area contributed by atoms with Crippen LogP contribution in [0.25, 0.3) is 0 Å². The van der Waals surface area contributed by atoms with E-state index in [0.717, 1.165) is 0 Å². The van der Waals surface area contributed by atoms with Crippen molar-refractivity contribution in [3.8, 4) is 11.8 Å². The minimum atomic E-state index is -0.718. The highest BCUT2D eigenvalue weighted by molar-refractivity contribution is 5.93. The van der Waals surface area contributed by atoms with E-state index in [1.165, 1.54) is 0 Å². The normalized spacial score (nSPS) is 11.4. The Hall–Kier alpha value is -2.81. The summed E-state index contributed by atoms with van der Waals surface area (Å²) in [5, 5.41) is 15.6. The van der Waals surface area contributed by atoms with Crippen LogP contribution in [-0.2, 0) is 11.8 Å². The Bertz CT molecular complexity index is 657. The second-order valence-corrected chi connectivity index (χ2v) is 4.26. The second-order valence-electron chi connectivity index (χ2n) is 4.26. The van der Waals surface area contributed by atoms with E-state index in [2.05, 4.69) is 10.4 Å². The maximum absolute atomic E-state index is 12.0. The number of carbonyl (C=O) groups is 1. The minimum Gasteiger partial charge on any atom is -0.480 e. The third-order valence-corrected chi connectivity index (χ3v) is 2.65. The Morgan fingerprint density at radius 1 is 1.50 bits per heavy atom. The van der Waals surface area contributed by atoms with E-state index in [1.54, 1.807) is 55.3 Å². The van der Waals surface area contributed by atoms with Gasteiger partial charge in [-0.2, -0.15) is 10.4 Å². The Labute approximate surface area is 116 Å². The quantitative estimate of drug-likeness (QED) is 0.917. The predicted molar refractivity (Wildman–Crippen MR) is 73.1 cm³/mol. The van der Waals surface area contributed by atoms with Crippen molar-refractivity contribution in [1.29, 1.82) is 5.26 Å². The van der Waals surface area contributed by atoms with Crippen LogP contribution in [0.5, 0.6) is 5.75 Å². The Morgan fingerprint density at radius 2 is 2.25 bits per heavy atom. The van der Waals surface area contributed by atoms with Gasteiger partial charge in [-0.3, -0.25) is 9.48 Å². The molecule has 0 radical (unpaired) electrons. The van der Waals surface area contributed by atoms with Crippen molar-refractivity contribution in [3.63, 3.8) is 0 Å². The van der Waals surface area contributed by atoms with Gasteiger partial charge in [0.1, 0.15) is 11.8 Å². The molecular formula is C14H14N4O2. The lowest BCUT2D eigenvalue weighted by Crippen LogP contribution is -2.30. The molecule has 1 aromatic heterocycles. The first kappa shape index (κ1) is 13.6. The van der Waals surface area contributed by atoms with Crippen LogP contribution in [0, 0.1) is 11.3 Å². The number of benzene rings is 1. The molecule has 0 saturated heterocycles. The molecule has 2 aromatic rings. The van der Waals surface area contributed by atoms with E-state index in [9.17, 15) is 4.79 Å². The van der Waals surface area contributed by atoms with Gasteiger partial charge in [-0.1, -0.05) is 12.1 Å². The summed E-state index contributed by atoms with van der Waals surface area (Å²) in [5.41, 5.74) is 0.995. The zero-order chi connectivity index (χ0) is 14.5. The molecule has 1 aromatic carbocycles. The summed E-state index contributed by atoms with van der Waals surface area (Å²) < 4.78 is 7.10. The molecule has 1 atom stereocenters. The van der Waals surface area contributed by atoms with Crippen molar-refractivity contribution < 1.29 is 9.53 Å². The topological polar surface area (TPSA) is 79.9 Å². The molecule has 1 heterocycles. The Kier molecular flexibility index (Phi) is 4.01. The highest BCUT2D eigenvalue weighted by Crippen LogP contribution is 2.18. The fourth-order valence-electron chi connectivity index (χ4n) is 1.64. The number of nitrogens with zero attached hydrogens (tertiary/aromatic N) is 3. The first-order chi connectivity index (χ1) is 9.60. The van der Waals surface area contributed by atoms with Gasteiger partial charge in [-0.15, -0.1) is 0 Å².